The first-order valence-electron chi connectivity index (χ1n) is 7.26. The summed E-state index contributed by atoms with van der Waals surface area (Å²) in [6, 6.07) is 7.55. The van der Waals surface area contributed by atoms with Crippen molar-refractivity contribution in [2.75, 3.05) is 6.54 Å². The van der Waals surface area contributed by atoms with Gasteiger partial charge in [-0.1, -0.05) is 12.1 Å². The Morgan fingerprint density at radius 2 is 2.08 bits per heavy atom. The first-order chi connectivity index (χ1) is 11.8. The fourth-order valence-corrected chi connectivity index (χ4v) is 1.91. The van der Waals surface area contributed by atoms with Gasteiger partial charge in [-0.2, -0.15) is 13.2 Å². The number of halogens is 3. The molecule has 0 radical (unpaired) electrons. The van der Waals surface area contributed by atoms with Crippen LogP contribution in [0.4, 0.5) is 13.2 Å². The zero-order chi connectivity index (χ0) is 18.4. The molecular weight excluding hydrogens is 339 g/mol. The lowest BCUT2D eigenvalue weighted by Gasteiger charge is -2.13. The largest absolute Gasteiger partial charge is 0.439 e. The Morgan fingerprint density at radius 3 is 2.76 bits per heavy atom. The average Bonchev–Trinajstić information content (AvgIpc) is 2.59. The Morgan fingerprint density at radius 1 is 1.32 bits per heavy atom. The lowest BCUT2D eigenvalue weighted by molar-refractivity contribution is -0.137. The second-order valence-corrected chi connectivity index (χ2v) is 5.06. The molecular formula is C16H16F3N3O3. The molecule has 4 N–H and O–H groups in total. The number of aliphatic hydroxyl groups excluding tert-OH is 1. The number of benzene rings is 1. The van der Waals surface area contributed by atoms with Crippen molar-refractivity contribution in [3.63, 3.8) is 0 Å². The molecule has 1 atom stereocenters. The molecule has 1 amide bonds. The van der Waals surface area contributed by atoms with Crippen molar-refractivity contribution in [1.82, 2.24) is 10.3 Å². The van der Waals surface area contributed by atoms with Gasteiger partial charge in [0, 0.05) is 24.8 Å². The SMILES string of the molecule is NC[C@@H](O)C(=O)NCc1cccnc1Oc1cccc(C(F)(F)F)c1. The molecule has 6 nitrogen and oxygen atoms in total. The molecule has 1 heterocycles. The summed E-state index contributed by atoms with van der Waals surface area (Å²) in [6.07, 6.45) is -4.42. The Labute approximate surface area is 141 Å². The molecule has 0 spiro atoms. The summed E-state index contributed by atoms with van der Waals surface area (Å²) < 4.78 is 43.7. The number of pyridine rings is 1. The van der Waals surface area contributed by atoms with E-state index in [1.165, 1.54) is 18.3 Å². The van der Waals surface area contributed by atoms with Crippen molar-refractivity contribution < 1.29 is 27.8 Å². The maximum absolute atomic E-state index is 12.8. The van der Waals surface area contributed by atoms with Crippen molar-refractivity contribution in [2.45, 2.75) is 18.8 Å². The molecule has 0 bridgehead atoms. The molecule has 9 heteroatoms. The highest BCUT2D eigenvalue weighted by atomic mass is 19.4. The van der Waals surface area contributed by atoms with E-state index in [-0.39, 0.29) is 24.7 Å². The number of aromatic nitrogens is 1. The highest BCUT2D eigenvalue weighted by molar-refractivity contribution is 5.80. The molecule has 0 saturated heterocycles. The van der Waals surface area contributed by atoms with E-state index < -0.39 is 23.8 Å². The minimum atomic E-state index is -4.49. The molecule has 134 valence electrons. The minimum absolute atomic E-state index is 0.0297. The second kappa shape index (κ2) is 7.95. The Hall–Kier alpha value is -2.65. The summed E-state index contributed by atoms with van der Waals surface area (Å²) in [7, 11) is 0. The van der Waals surface area contributed by atoms with Gasteiger partial charge >= 0.3 is 6.18 Å². The average molecular weight is 355 g/mol. The quantitative estimate of drug-likeness (QED) is 0.734. The van der Waals surface area contributed by atoms with Gasteiger partial charge in [0.2, 0.25) is 11.8 Å². The first-order valence-corrected chi connectivity index (χ1v) is 7.26. The van der Waals surface area contributed by atoms with Crippen molar-refractivity contribution in [3.05, 3.63) is 53.7 Å². The number of rotatable bonds is 6. The van der Waals surface area contributed by atoms with Crippen LogP contribution in [-0.2, 0) is 17.5 Å². The third kappa shape index (κ3) is 5.16. The summed E-state index contributed by atoms with van der Waals surface area (Å²) in [5, 5.41) is 11.8. The van der Waals surface area contributed by atoms with Gasteiger partial charge in [0.1, 0.15) is 11.9 Å². The Bertz CT molecular complexity index is 738. The molecule has 0 aliphatic rings. The summed E-state index contributed by atoms with van der Waals surface area (Å²) in [4.78, 5) is 15.5. The molecule has 2 aromatic rings. The van der Waals surface area contributed by atoms with Crippen LogP contribution in [0.15, 0.2) is 42.6 Å². The lowest BCUT2D eigenvalue weighted by atomic mass is 10.2. The van der Waals surface area contributed by atoms with E-state index >= 15 is 0 Å². The predicted octanol–water partition coefficient (Wildman–Crippen LogP) is 1.83. The van der Waals surface area contributed by atoms with Crippen LogP contribution in [0.2, 0.25) is 0 Å². The fourth-order valence-electron chi connectivity index (χ4n) is 1.91. The molecule has 2 rings (SSSR count). The van der Waals surface area contributed by atoms with Crippen molar-refractivity contribution in [2.24, 2.45) is 5.73 Å². The van der Waals surface area contributed by atoms with E-state index in [0.29, 0.717) is 5.56 Å². The number of amides is 1. The zero-order valence-electron chi connectivity index (χ0n) is 13.0. The summed E-state index contributed by atoms with van der Waals surface area (Å²) in [6.45, 7) is -0.259. The third-order valence-corrected chi connectivity index (χ3v) is 3.20. The number of ether oxygens (including phenoxy) is 1. The van der Waals surface area contributed by atoms with Crippen LogP contribution in [0.5, 0.6) is 11.6 Å². The van der Waals surface area contributed by atoms with Gasteiger partial charge in [-0.15, -0.1) is 0 Å². The number of nitrogens with one attached hydrogen (secondary N) is 1. The number of hydrogen-bond acceptors (Lipinski definition) is 5. The Balaban J connectivity index is 2.14. The van der Waals surface area contributed by atoms with Gasteiger partial charge in [-0.3, -0.25) is 4.79 Å². The molecule has 0 aliphatic carbocycles. The van der Waals surface area contributed by atoms with Crippen molar-refractivity contribution >= 4 is 5.91 Å². The highest BCUT2D eigenvalue weighted by Gasteiger charge is 2.30. The number of carbonyl (C=O) groups is 1. The highest BCUT2D eigenvalue weighted by Crippen LogP contribution is 2.32. The van der Waals surface area contributed by atoms with Gasteiger partial charge in [0.15, 0.2) is 0 Å². The van der Waals surface area contributed by atoms with Gasteiger partial charge in [-0.25, -0.2) is 4.98 Å². The molecule has 1 aromatic carbocycles. The molecule has 25 heavy (non-hydrogen) atoms. The number of alkyl halides is 3. The van der Waals surface area contributed by atoms with Crippen molar-refractivity contribution in [1.29, 1.82) is 0 Å². The molecule has 0 fully saturated rings. The van der Waals surface area contributed by atoms with E-state index in [1.54, 1.807) is 12.1 Å². The minimum Gasteiger partial charge on any atom is -0.439 e. The fraction of sp³-hybridized carbons (Fsp3) is 0.250. The van der Waals surface area contributed by atoms with Crippen LogP contribution >= 0.6 is 0 Å². The number of carbonyl (C=O) groups excluding carboxylic acids is 1. The van der Waals surface area contributed by atoms with Crippen LogP contribution in [0.25, 0.3) is 0 Å². The van der Waals surface area contributed by atoms with Gasteiger partial charge in [0.05, 0.1) is 5.56 Å². The second-order valence-electron chi connectivity index (χ2n) is 5.06. The maximum Gasteiger partial charge on any atom is 0.416 e. The first kappa shape index (κ1) is 18.7. The normalized spacial score (nSPS) is 12.5. The van der Waals surface area contributed by atoms with E-state index in [4.69, 9.17) is 10.5 Å². The van der Waals surface area contributed by atoms with Gasteiger partial charge in [0.25, 0.3) is 0 Å². The van der Waals surface area contributed by atoms with E-state index in [0.717, 1.165) is 12.1 Å². The molecule has 1 aromatic heterocycles. The maximum atomic E-state index is 12.8. The monoisotopic (exact) mass is 355 g/mol. The lowest BCUT2D eigenvalue weighted by Crippen LogP contribution is -2.38. The number of aliphatic hydroxyl groups is 1. The number of nitrogens with zero attached hydrogens (tertiary/aromatic N) is 1. The standard InChI is InChI=1S/C16H16F3N3O3/c17-16(18,19)11-4-1-5-12(7-11)25-15-10(3-2-6-21-15)9-22-14(24)13(23)8-20/h1-7,13,23H,8-9,20H2,(H,22,24)/t13-/m1/s1. The van der Waals surface area contributed by atoms with Gasteiger partial charge in [-0.05, 0) is 24.3 Å². The van der Waals surface area contributed by atoms with Crippen LogP contribution in [0.1, 0.15) is 11.1 Å². The zero-order valence-corrected chi connectivity index (χ0v) is 13.0. The Kier molecular flexibility index (Phi) is 5.94. The van der Waals surface area contributed by atoms with E-state index in [2.05, 4.69) is 10.3 Å². The van der Waals surface area contributed by atoms with Gasteiger partial charge < -0.3 is 20.9 Å². The molecule has 0 aliphatic heterocycles. The number of nitrogens with two attached hydrogens (primary N) is 1. The number of hydrogen-bond donors (Lipinski definition) is 3. The predicted molar refractivity (Wildman–Crippen MR) is 82.7 cm³/mol. The van der Waals surface area contributed by atoms with E-state index in [1.807, 2.05) is 0 Å². The summed E-state index contributed by atoms with van der Waals surface area (Å²) >= 11 is 0. The topological polar surface area (TPSA) is 97.5 Å². The molecule has 0 unspecified atom stereocenters. The van der Waals surface area contributed by atoms with E-state index in [9.17, 15) is 23.1 Å². The summed E-state index contributed by atoms with van der Waals surface area (Å²) in [5.41, 5.74) is 4.77. The van der Waals surface area contributed by atoms with Crippen LogP contribution in [-0.4, -0.2) is 28.6 Å². The van der Waals surface area contributed by atoms with Crippen molar-refractivity contribution in [3.8, 4) is 11.6 Å². The summed E-state index contributed by atoms with van der Waals surface area (Å²) in [5.74, 6) is -0.663. The van der Waals surface area contributed by atoms with Crippen LogP contribution in [0.3, 0.4) is 0 Å². The smallest absolute Gasteiger partial charge is 0.416 e. The molecule has 0 saturated carbocycles. The van der Waals surface area contributed by atoms with Crippen LogP contribution in [0, 0.1) is 0 Å². The third-order valence-electron chi connectivity index (χ3n) is 3.20. The van der Waals surface area contributed by atoms with Crippen LogP contribution < -0.4 is 15.8 Å².